The van der Waals surface area contributed by atoms with E-state index in [0.29, 0.717) is 5.69 Å². The topological polar surface area (TPSA) is 95.9 Å². The molecule has 0 bridgehead atoms. The van der Waals surface area contributed by atoms with Gasteiger partial charge in [0.2, 0.25) is 11.8 Å². The second kappa shape index (κ2) is 7.56. The number of aliphatic carboxylic acids is 1. The summed E-state index contributed by atoms with van der Waals surface area (Å²) in [5, 5.41) is 11.4. The van der Waals surface area contributed by atoms with Crippen LogP contribution in [0.3, 0.4) is 0 Å². The normalized spacial score (nSPS) is 18.8. The van der Waals surface area contributed by atoms with Crippen LogP contribution in [0.1, 0.15) is 6.42 Å². The summed E-state index contributed by atoms with van der Waals surface area (Å²) < 4.78 is 5.61. The molecule has 1 heterocycles. The summed E-state index contributed by atoms with van der Waals surface area (Å²) in [6.07, 6.45) is 0.0532. The first-order valence-electron chi connectivity index (χ1n) is 7.00. The van der Waals surface area contributed by atoms with Crippen molar-refractivity contribution in [2.24, 2.45) is 5.92 Å². The molecule has 2 rings (SSSR count). The van der Waals surface area contributed by atoms with E-state index in [1.807, 2.05) is 6.07 Å². The lowest BCUT2D eigenvalue weighted by molar-refractivity contribution is -0.143. The number of nitrogens with zero attached hydrogens (tertiary/aromatic N) is 1. The quantitative estimate of drug-likeness (QED) is 0.763. The molecule has 0 saturated carbocycles. The minimum absolute atomic E-state index is 0.0532. The smallest absolute Gasteiger partial charge is 0.328 e. The van der Waals surface area contributed by atoms with Gasteiger partial charge in [0.1, 0.15) is 0 Å². The average Bonchev–Trinajstić information content (AvgIpc) is 2.88. The van der Waals surface area contributed by atoms with Crippen molar-refractivity contribution in [3.63, 3.8) is 0 Å². The van der Waals surface area contributed by atoms with Gasteiger partial charge >= 0.3 is 5.97 Å². The van der Waals surface area contributed by atoms with Crippen LogP contribution in [0, 0.1) is 5.92 Å². The maximum Gasteiger partial charge on any atom is 0.328 e. The van der Waals surface area contributed by atoms with Crippen molar-refractivity contribution in [3.8, 4) is 0 Å². The van der Waals surface area contributed by atoms with Gasteiger partial charge in [-0.05, 0) is 18.2 Å². The van der Waals surface area contributed by atoms with Gasteiger partial charge < -0.3 is 20.1 Å². The molecule has 1 aliphatic heterocycles. The Morgan fingerprint density at radius 3 is 2.87 bits per heavy atom. The van der Waals surface area contributed by atoms with E-state index < -0.39 is 23.8 Å². The number of carboxylic acid groups (broad SMARTS) is 1. The van der Waals surface area contributed by atoms with Crippen LogP contribution in [0.5, 0.6) is 0 Å². The average molecular weight is 385 g/mol. The molecule has 0 aliphatic carbocycles. The van der Waals surface area contributed by atoms with Gasteiger partial charge in [0.25, 0.3) is 0 Å². The summed E-state index contributed by atoms with van der Waals surface area (Å²) in [6, 6.07) is 6.11. The van der Waals surface area contributed by atoms with Crippen molar-refractivity contribution >= 4 is 39.4 Å². The predicted molar refractivity (Wildman–Crippen MR) is 86.0 cm³/mol. The Bertz CT molecular complexity index is 622. The molecular formula is C15H17BrN2O5. The molecule has 7 nitrogen and oxygen atoms in total. The first-order chi connectivity index (χ1) is 10.9. The zero-order valence-electron chi connectivity index (χ0n) is 12.5. The number of carbonyl (C=O) groups excluding carboxylic acids is 2. The van der Waals surface area contributed by atoms with E-state index in [-0.39, 0.29) is 25.5 Å². The number of benzene rings is 1. The molecule has 0 radical (unpaired) electrons. The van der Waals surface area contributed by atoms with Crippen molar-refractivity contribution in [3.05, 3.63) is 28.7 Å². The number of amides is 2. The Morgan fingerprint density at radius 1 is 1.52 bits per heavy atom. The van der Waals surface area contributed by atoms with Crippen LogP contribution in [-0.2, 0) is 19.1 Å². The molecule has 2 amide bonds. The van der Waals surface area contributed by atoms with Crippen LogP contribution in [0.25, 0.3) is 0 Å². The number of anilines is 1. The maximum atomic E-state index is 12.2. The highest BCUT2D eigenvalue weighted by Gasteiger charge is 2.36. The predicted octanol–water partition coefficient (Wildman–Crippen LogP) is 1.02. The second-order valence-electron chi connectivity index (χ2n) is 5.24. The van der Waals surface area contributed by atoms with Gasteiger partial charge in [-0.25, -0.2) is 4.79 Å². The van der Waals surface area contributed by atoms with Crippen molar-refractivity contribution < 1.29 is 24.2 Å². The zero-order chi connectivity index (χ0) is 17.0. The third-order valence-corrected chi connectivity index (χ3v) is 4.06. The van der Waals surface area contributed by atoms with Crippen LogP contribution in [0.4, 0.5) is 5.69 Å². The highest BCUT2D eigenvalue weighted by molar-refractivity contribution is 9.10. The molecule has 0 spiro atoms. The summed E-state index contributed by atoms with van der Waals surface area (Å²) in [5.74, 6) is -2.38. The number of carbonyl (C=O) groups is 3. The van der Waals surface area contributed by atoms with Crippen LogP contribution >= 0.6 is 15.9 Å². The fourth-order valence-electron chi connectivity index (χ4n) is 2.41. The van der Waals surface area contributed by atoms with Crippen molar-refractivity contribution in [2.45, 2.75) is 12.5 Å². The Labute approximate surface area is 141 Å². The van der Waals surface area contributed by atoms with Gasteiger partial charge in [0.05, 0.1) is 12.5 Å². The molecule has 2 atom stereocenters. The molecule has 1 fully saturated rings. The van der Waals surface area contributed by atoms with Gasteiger partial charge in [0, 0.05) is 30.2 Å². The minimum Gasteiger partial charge on any atom is -0.480 e. The third-order valence-electron chi connectivity index (χ3n) is 3.56. The summed E-state index contributed by atoms with van der Waals surface area (Å²) in [5.41, 5.74) is 0.700. The number of ether oxygens (including phenoxy) is 1. The molecular weight excluding hydrogens is 368 g/mol. The number of methoxy groups -OCH3 is 1. The molecule has 2 N–H and O–H groups in total. The van der Waals surface area contributed by atoms with E-state index in [9.17, 15) is 14.4 Å². The van der Waals surface area contributed by atoms with E-state index >= 15 is 0 Å². The van der Waals surface area contributed by atoms with Crippen molar-refractivity contribution in [1.82, 2.24) is 5.32 Å². The number of carboxylic acids is 1. The summed E-state index contributed by atoms with van der Waals surface area (Å²) in [6.45, 7) is 0.0948. The van der Waals surface area contributed by atoms with Gasteiger partial charge in [-0.2, -0.15) is 0 Å². The molecule has 23 heavy (non-hydrogen) atoms. The molecule has 1 aromatic carbocycles. The lowest BCUT2D eigenvalue weighted by Crippen LogP contribution is -2.46. The number of halogens is 1. The third kappa shape index (κ3) is 4.29. The second-order valence-corrected chi connectivity index (χ2v) is 6.16. The van der Waals surface area contributed by atoms with E-state index in [1.54, 1.807) is 18.2 Å². The van der Waals surface area contributed by atoms with E-state index in [1.165, 1.54) is 12.0 Å². The first-order valence-corrected chi connectivity index (χ1v) is 7.79. The fourth-order valence-corrected chi connectivity index (χ4v) is 2.79. The van der Waals surface area contributed by atoms with E-state index in [0.717, 1.165) is 4.47 Å². The van der Waals surface area contributed by atoms with Gasteiger partial charge in [-0.3, -0.25) is 9.59 Å². The Balaban J connectivity index is 2.04. The standard InChI is InChI=1S/C15H17BrN2O5/c1-23-8-12(15(21)22)17-14(20)9-5-13(19)18(7-9)11-4-2-3-10(16)6-11/h2-4,6,9,12H,5,7-8H2,1H3,(H,17,20)(H,21,22). The molecule has 1 saturated heterocycles. The Morgan fingerprint density at radius 2 is 2.26 bits per heavy atom. The number of hydrogen-bond acceptors (Lipinski definition) is 4. The largest absolute Gasteiger partial charge is 0.480 e. The van der Waals surface area contributed by atoms with E-state index in [2.05, 4.69) is 21.2 Å². The van der Waals surface area contributed by atoms with Crippen LogP contribution in [-0.4, -0.2) is 49.2 Å². The number of rotatable bonds is 6. The number of hydrogen-bond donors (Lipinski definition) is 2. The molecule has 1 aromatic rings. The van der Waals surface area contributed by atoms with Gasteiger partial charge in [-0.15, -0.1) is 0 Å². The molecule has 8 heteroatoms. The van der Waals surface area contributed by atoms with E-state index in [4.69, 9.17) is 9.84 Å². The highest BCUT2D eigenvalue weighted by Crippen LogP contribution is 2.27. The number of nitrogens with one attached hydrogen (secondary N) is 1. The SMILES string of the molecule is COCC(NC(=O)C1CC(=O)N(c2cccc(Br)c2)C1)C(=O)O. The molecule has 0 aromatic heterocycles. The van der Waals surface area contributed by atoms with Crippen molar-refractivity contribution in [2.75, 3.05) is 25.2 Å². The summed E-state index contributed by atoms with van der Waals surface area (Å²) in [7, 11) is 1.36. The zero-order valence-corrected chi connectivity index (χ0v) is 14.1. The lowest BCUT2D eigenvalue weighted by Gasteiger charge is -2.18. The van der Waals surface area contributed by atoms with Gasteiger partial charge in [0.15, 0.2) is 6.04 Å². The first kappa shape index (κ1) is 17.4. The van der Waals surface area contributed by atoms with Crippen LogP contribution in [0.15, 0.2) is 28.7 Å². The molecule has 1 aliphatic rings. The Hall–Kier alpha value is -1.93. The monoisotopic (exact) mass is 384 g/mol. The van der Waals surface area contributed by atoms with Crippen LogP contribution < -0.4 is 10.2 Å². The fraction of sp³-hybridized carbons (Fsp3) is 0.400. The summed E-state index contributed by atoms with van der Waals surface area (Å²) in [4.78, 5) is 36.9. The van der Waals surface area contributed by atoms with Crippen molar-refractivity contribution in [1.29, 1.82) is 0 Å². The minimum atomic E-state index is -1.17. The highest BCUT2D eigenvalue weighted by atomic mass is 79.9. The van der Waals surface area contributed by atoms with Gasteiger partial charge in [-0.1, -0.05) is 22.0 Å². The summed E-state index contributed by atoms with van der Waals surface area (Å²) >= 11 is 3.34. The van der Waals surface area contributed by atoms with Crippen LogP contribution in [0.2, 0.25) is 0 Å². The molecule has 124 valence electrons. The molecule has 2 unspecified atom stereocenters. The lowest BCUT2D eigenvalue weighted by atomic mass is 10.1. The Kier molecular flexibility index (Phi) is 5.73. The maximum absolute atomic E-state index is 12.2.